The molecule has 2 atom stereocenters. The number of hydrogen-bond donors (Lipinski definition) is 3. The Labute approximate surface area is 224 Å². The summed E-state index contributed by atoms with van der Waals surface area (Å²) >= 11 is 4.52. The molecule has 38 heavy (non-hydrogen) atoms. The first-order chi connectivity index (χ1) is 18.2. The van der Waals surface area contributed by atoms with Gasteiger partial charge in [-0.2, -0.15) is 16.9 Å². The molecule has 198 valence electrons. The summed E-state index contributed by atoms with van der Waals surface area (Å²) in [5, 5.41) is 4.88. The molecule has 0 spiro atoms. The van der Waals surface area contributed by atoms with Crippen molar-refractivity contribution in [1.29, 1.82) is 0 Å². The van der Waals surface area contributed by atoms with Gasteiger partial charge >= 0.3 is 5.69 Å². The molecular formula is C27H28N4O5S2. The molecule has 0 saturated carbocycles. The van der Waals surface area contributed by atoms with Gasteiger partial charge in [-0.15, -0.1) is 0 Å². The zero-order valence-electron chi connectivity index (χ0n) is 20.5. The van der Waals surface area contributed by atoms with Crippen LogP contribution in [-0.4, -0.2) is 52.6 Å². The molecule has 0 radical (unpaired) electrons. The minimum Gasteiger partial charge on any atom is -0.354 e. The van der Waals surface area contributed by atoms with Gasteiger partial charge in [0.1, 0.15) is 0 Å². The second-order valence-electron chi connectivity index (χ2n) is 9.47. The fourth-order valence-electron chi connectivity index (χ4n) is 4.93. The number of fused-ring (bicyclic) bond motifs is 2. The number of nitrogens with one attached hydrogen (secondary N) is 2. The van der Waals surface area contributed by atoms with E-state index in [9.17, 15) is 22.8 Å². The number of amides is 1. The van der Waals surface area contributed by atoms with Crippen LogP contribution in [0, 0.1) is 0 Å². The van der Waals surface area contributed by atoms with Gasteiger partial charge in [0, 0.05) is 37.3 Å². The fraction of sp³-hybridized carbons (Fsp3) is 0.296. The molecule has 3 aromatic carbocycles. The van der Waals surface area contributed by atoms with E-state index >= 15 is 0 Å². The Morgan fingerprint density at radius 3 is 2.58 bits per heavy atom. The molecule has 1 aliphatic rings. The van der Waals surface area contributed by atoms with E-state index in [1.807, 2.05) is 24.3 Å². The lowest BCUT2D eigenvalue weighted by molar-refractivity contribution is -0.121. The predicted octanol–water partition coefficient (Wildman–Crippen LogP) is 2.50. The van der Waals surface area contributed by atoms with Crippen molar-refractivity contribution in [2.24, 2.45) is 0 Å². The highest BCUT2D eigenvalue weighted by Gasteiger charge is 2.39. The van der Waals surface area contributed by atoms with Crippen molar-refractivity contribution in [1.82, 2.24) is 19.2 Å². The van der Waals surface area contributed by atoms with Gasteiger partial charge in [-0.25, -0.2) is 13.2 Å². The third-order valence-electron chi connectivity index (χ3n) is 6.88. The Morgan fingerprint density at radius 2 is 1.76 bits per heavy atom. The van der Waals surface area contributed by atoms with Crippen molar-refractivity contribution >= 4 is 50.2 Å². The first kappa shape index (κ1) is 26.2. The number of aromatic nitrogens is 2. The average Bonchev–Trinajstić information content (AvgIpc) is 3.30. The maximum Gasteiger partial charge on any atom is 0.328 e. The van der Waals surface area contributed by atoms with Crippen LogP contribution in [0.5, 0.6) is 0 Å². The molecule has 9 nitrogen and oxygen atoms in total. The van der Waals surface area contributed by atoms with Crippen LogP contribution in [0.3, 0.4) is 0 Å². The summed E-state index contributed by atoms with van der Waals surface area (Å²) in [6.45, 7) is 0.503. The van der Waals surface area contributed by atoms with E-state index in [2.05, 4.69) is 22.9 Å². The van der Waals surface area contributed by atoms with Gasteiger partial charge in [0.15, 0.2) is 0 Å². The number of aromatic amines is 1. The van der Waals surface area contributed by atoms with Crippen molar-refractivity contribution in [2.75, 3.05) is 13.1 Å². The summed E-state index contributed by atoms with van der Waals surface area (Å²) in [6.07, 6.45) is 0.886. The molecular weight excluding hydrogens is 524 g/mol. The van der Waals surface area contributed by atoms with E-state index in [1.54, 1.807) is 42.5 Å². The molecule has 1 amide bonds. The van der Waals surface area contributed by atoms with Crippen LogP contribution < -0.4 is 16.6 Å². The average molecular weight is 553 g/mol. The number of H-pyrrole nitrogens is 1. The van der Waals surface area contributed by atoms with Gasteiger partial charge in [-0.05, 0) is 47.9 Å². The number of rotatable bonds is 8. The number of benzene rings is 3. The van der Waals surface area contributed by atoms with E-state index < -0.39 is 27.3 Å². The third kappa shape index (κ3) is 5.27. The van der Waals surface area contributed by atoms with Crippen LogP contribution in [0.15, 0.2) is 81.2 Å². The van der Waals surface area contributed by atoms with Gasteiger partial charge in [0.2, 0.25) is 15.9 Å². The fourth-order valence-corrected chi connectivity index (χ4v) is 7.17. The quantitative estimate of drug-likeness (QED) is 0.290. The monoisotopic (exact) mass is 552 g/mol. The first-order valence-corrected chi connectivity index (χ1v) is 14.4. The zero-order chi connectivity index (χ0) is 26.9. The van der Waals surface area contributed by atoms with Crippen LogP contribution in [0.1, 0.15) is 19.3 Å². The van der Waals surface area contributed by atoms with Crippen LogP contribution in [-0.2, 0) is 21.4 Å². The summed E-state index contributed by atoms with van der Waals surface area (Å²) in [4.78, 5) is 40.4. The second kappa shape index (κ2) is 10.8. The molecule has 11 heteroatoms. The van der Waals surface area contributed by atoms with Crippen molar-refractivity contribution in [3.05, 3.63) is 87.6 Å². The minimum atomic E-state index is -3.78. The van der Waals surface area contributed by atoms with Gasteiger partial charge < -0.3 is 10.3 Å². The van der Waals surface area contributed by atoms with Crippen LogP contribution >= 0.6 is 12.6 Å². The van der Waals surface area contributed by atoms with E-state index in [1.165, 1.54) is 4.31 Å². The van der Waals surface area contributed by atoms with Crippen LogP contribution in [0.2, 0.25) is 0 Å². The second-order valence-corrected chi connectivity index (χ2v) is 12.1. The molecule has 1 fully saturated rings. The summed E-state index contributed by atoms with van der Waals surface area (Å²) in [5.74, 6) is -0.277. The van der Waals surface area contributed by atoms with E-state index in [4.69, 9.17) is 0 Å². The normalized spacial score (nSPS) is 18.2. The molecule has 4 aromatic rings. The van der Waals surface area contributed by atoms with Gasteiger partial charge in [0.05, 0.1) is 15.8 Å². The summed E-state index contributed by atoms with van der Waals surface area (Å²) in [6, 6.07) is 19.0. The van der Waals surface area contributed by atoms with E-state index in [0.717, 1.165) is 15.3 Å². The van der Waals surface area contributed by atoms with E-state index in [-0.39, 0.29) is 48.5 Å². The molecule has 5 rings (SSSR count). The summed E-state index contributed by atoms with van der Waals surface area (Å²) in [5.41, 5.74) is -0.446. The molecule has 2 unspecified atom stereocenters. The standard InChI is InChI=1S/C27H28N4O5S2/c32-25(10-5-13-30-26(33)23-8-3-4-9-24(23)29-27(30)34)28-16-20-15-21(37)17-31(20)38(35,36)22-12-11-18-6-1-2-7-19(18)14-22/h1-4,6-9,11-12,14,20-21,37H,5,10,13,15-17H2,(H,28,32)(H,29,34). The van der Waals surface area contributed by atoms with Crippen molar-refractivity contribution in [3.63, 3.8) is 0 Å². The molecule has 0 bridgehead atoms. The number of thiol groups is 1. The highest BCUT2D eigenvalue weighted by Crippen LogP contribution is 2.30. The lowest BCUT2D eigenvalue weighted by atomic mass is 10.1. The van der Waals surface area contributed by atoms with Crippen molar-refractivity contribution in [2.45, 2.75) is 42.0 Å². The molecule has 0 aliphatic carbocycles. The Kier molecular flexibility index (Phi) is 7.42. The number of sulfonamides is 1. The van der Waals surface area contributed by atoms with E-state index in [0.29, 0.717) is 17.3 Å². The predicted molar refractivity (Wildman–Crippen MR) is 150 cm³/mol. The maximum atomic E-state index is 13.5. The molecule has 1 aliphatic heterocycles. The Hall–Kier alpha value is -3.41. The molecule has 2 N–H and O–H groups in total. The van der Waals surface area contributed by atoms with Crippen LogP contribution in [0.4, 0.5) is 0 Å². The SMILES string of the molecule is O=C(CCCn1c(=O)[nH]c2ccccc2c1=O)NCC1CC(S)CN1S(=O)(=O)c1ccc2ccccc2c1. The lowest BCUT2D eigenvalue weighted by Gasteiger charge is -2.24. The lowest BCUT2D eigenvalue weighted by Crippen LogP contribution is -2.43. The Balaban J connectivity index is 1.21. The van der Waals surface area contributed by atoms with Crippen molar-refractivity contribution in [3.8, 4) is 0 Å². The van der Waals surface area contributed by atoms with Gasteiger partial charge in [0.25, 0.3) is 5.56 Å². The number of carbonyl (C=O) groups excluding carboxylic acids is 1. The number of carbonyl (C=O) groups is 1. The highest BCUT2D eigenvalue weighted by atomic mass is 32.2. The summed E-state index contributed by atoms with van der Waals surface area (Å²) in [7, 11) is -3.78. The Bertz CT molecular complexity index is 1730. The van der Waals surface area contributed by atoms with Crippen LogP contribution in [0.25, 0.3) is 21.7 Å². The topological polar surface area (TPSA) is 121 Å². The largest absolute Gasteiger partial charge is 0.354 e. The number of hydrogen-bond acceptors (Lipinski definition) is 6. The zero-order valence-corrected chi connectivity index (χ0v) is 22.3. The number of nitrogens with zero attached hydrogens (tertiary/aromatic N) is 2. The molecule has 2 heterocycles. The first-order valence-electron chi connectivity index (χ1n) is 12.4. The molecule has 1 aromatic heterocycles. The van der Waals surface area contributed by atoms with Gasteiger partial charge in [-0.1, -0.05) is 42.5 Å². The maximum absolute atomic E-state index is 13.5. The Morgan fingerprint density at radius 1 is 1.03 bits per heavy atom. The molecule has 1 saturated heterocycles. The smallest absolute Gasteiger partial charge is 0.328 e. The minimum absolute atomic E-state index is 0.0904. The third-order valence-corrected chi connectivity index (χ3v) is 9.17. The number of para-hydroxylation sites is 1. The van der Waals surface area contributed by atoms with Crippen molar-refractivity contribution < 1.29 is 13.2 Å². The van der Waals surface area contributed by atoms with Gasteiger partial charge in [-0.3, -0.25) is 14.2 Å². The highest BCUT2D eigenvalue weighted by molar-refractivity contribution is 7.89. The summed E-state index contributed by atoms with van der Waals surface area (Å²) < 4.78 is 29.5.